The van der Waals surface area contributed by atoms with Gasteiger partial charge in [0.25, 0.3) is 0 Å². The average molecular weight is 373 g/mol. The second-order valence-electron chi connectivity index (χ2n) is 6.72. The van der Waals surface area contributed by atoms with Crippen molar-refractivity contribution in [2.45, 2.75) is 37.2 Å². The summed E-state index contributed by atoms with van der Waals surface area (Å²) in [7, 11) is -3.73. The molecule has 2 aromatic carbocycles. The van der Waals surface area contributed by atoms with Crippen LogP contribution in [0.4, 0.5) is 5.69 Å². The summed E-state index contributed by atoms with van der Waals surface area (Å²) in [4.78, 5) is 14.6. The van der Waals surface area contributed by atoms with Crippen LogP contribution in [0.3, 0.4) is 0 Å². The van der Waals surface area contributed by atoms with Gasteiger partial charge in [-0.1, -0.05) is 30.3 Å². The van der Waals surface area contributed by atoms with Crippen molar-refractivity contribution in [2.75, 3.05) is 11.4 Å². The largest absolute Gasteiger partial charge is 0.359 e. The highest BCUT2D eigenvalue weighted by Gasteiger charge is 2.29. The summed E-state index contributed by atoms with van der Waals surface area (Å²) in [5, 5.41) is 8.22. The van der Waals surface area contributed by atoms with Crippen LogP contribution in [0.2, 0.25) is 0 Å². The molecule has 0 aliphatic carbocycles. The molecule has 0 fully saturated rings. The highest BCUT2D eigenvalue weighted by Crippen LogP contribution is 2.33. The number of benzene rings is 2. The smallest absolute Gasteiger partial charge is 0.240 e. The zero-order valence-corrected chi connectivity index (χ0v) is 15.7. The Morgan fingerprint density at radius 1 is 1.27 bits per heavy atom. The van der Waals surface area contributed by atoms with E-state index >= 15 is 0 Å². The Morgan fingerprint density at radius 3 is 2.62 bits per heavy atom. The molecular formula is C19H23N3O3S. The summed E-state index contributed by atoms with van der Waals surface area (Å²) < 4.78 is 23.1. The van der Waals surface area contributed by atoms with Crippen LogP contribution < -0.4 is 15.4 Å². The predicted molar refractivity (Wildman–Crippen MR) is 101 cm³/mol. The van der Waals surface area contributed by atoms with Crippen molar-refractivity contribution in [3.8, 4) is 0 Å². The van der Waals surface area contributed by atoms with Crippen molar-refractivity contribution in [2.24, 2.45) is 5.14 Å². The van der Waals surface area contributed by atoms with Crippen molar-refractivity contribution in [1.82, 2.24) is 5.32 Å². The Kier molecular flexibility index (Phi) is 5.02. The molecule has 0 radical (unpaired) electrons. The number of nitrogens with zero attached hydrogens (tertiary/aromatic N) is 1. The molecule has 2 atom stereocenters. The van der Waals surface area contributed by atoms with Crippen LogP contribution >= 0.6 is 0 Å². The lowest BCUT2D eigenvalue weighted by Crippen LogP contribution is -2.40. The van der Waals surface area contributed by atoms with Crippen LogP contribution in [0, 0.1) is 0 Å². The highest BCUT2D eigenvalue weighted by molar-refractivity contribution is 7.89. The van der Waals surface area contributed by atoms with Gasteiger partial charge < -0.3 is 10.2 Å². The molecule has 0 unspecified atom stereocenters. The van der Waals surface area contributed by atoms with Crippen molar-refractivity contribution < 1.29 is 13.2 Å². The van der Waals surface area contributed by atoms with Gasteiger partial charge >= 0.3 is 0 Å². The van der Waals surface area contributed by atoms with Gasteiger partial charge in [-0.05, 0) is 49.6 Å². The molecule has 1 aliphatic heterocycles. The maximum atomic E-state index is 12.5. The minimum absolute atomic E-state index is 0.0726. The van der Waals surface area contributed by atoms with E-state index in [0.717, 1.165) is 16.8 Å². The minimum atomic E-state index is -3.73. The van der Waals surface area contributed by atoms with Crippen molar-refractivity contribution >= 4 is 21.6 Å². The van der Waals surface area contributed by atoms with E-state index in [9.17, 15) is 13.2 Å². The van der Waals surface area contributed by atoms with Gasteiger partial charge in [0.15, 0.2) is 0 Å². The zero-order chi connectivity index (χ0) is 18.9. The number of nitrogens with one attached hydrogen (secondary N) is 1. The second-order valence-corrected chi connectivity index (χ2v) is 8.28. The predicted octanol–water partition coefficient (Wildman–Crippen LogP) is 1.96. The molecule has 0 saturated carbocycles. The molecule has 1 heterocycles. The third kappa shape index (κ3) is 3.89. The molecule has 7 heteroatoms. The van der Waals surface area contributed by atoms with E-state index in [1.54, 1.807) is 12.1 Å². The summed E-state index contributed by atoms with van der Waals surface area (Å²) >= 11 is 0. The number of anilines is 1. The molecular weight excluding hydrogens is 350 g/mol. The van der Waals surface area contributed by atoms with Gasteiger partial charge in [-0.15, -0.1) is 0 Å². The number of carbonyl (C=O) groups excluding carboxylic acids is 1. The topological polar surface area (TPSA) is 92.5 Å². The number of fused-ring (bicyclic) bond motifs is 1. The van der Waals surface area contributed by atoms with Crippen LogP contribution in [0.1, 0.15) is 31.0 Å². The lowest BCUT2D eigenvalue weighted by molar-refractivity contribution is -0.120. The molecule has 0 saturated heterocycles. The first-order valence-electron chi connectivity index (χ1n) is 8.52. The molecule has 1 amide bonds. The van der Waals surface area contributed by atoms with Gasteiger partial charge in [-0.3, -0.25) is 4.79 Å². The minimum Gasteiger partial charge on any atom is -0.359 e. The third-order valence-corrected chi connectivity index (χ3v) is 5.64. The molecule has 1 aliphatic rings. The Labute approximate surface area is 154 Å². The maximum absolute atomic E-state index is 12.5. The summed E-state index contributed by atoms with van der Waals surface area (Å²) in [6.07, 6.45) is 0.681. The van der Waals surface area contributed by atoms with Crippen LogP contribution in [0.15, 0.2) is 53.4 Å². The molecule has 0 bridgehead atoms. The first-order valence-corrected chi connectivity index (χ1v) is 10.1. The lowest BCUT2D eigenvalue weighted by atomic mass is 10.1. The Balaban J connectivity index is 1.72. The summed E-state index contributed by atoms with van der Waals surface area (Å²) in [5.41, 5.74) is 2.83. The van der Waals surface area contributed by atoms with E-state index in [-0.39, 0.29) is 29.4 Å². The van der Waals surface area contributed by atoms with Gasteiger partial charge in [0.05, 0.1) is 17.5 Å². The molecule has 138 valence electrons. The van der Waals surface area contributed by atoms with Gasteiger partial charge in [0.1, 0.15) is 0 Å². The van der Waals surface area contributed by atoms with Gasteiger partial charge in [0.2, 0.25) is 15.9 Å². The maximum Gasteiger partial charge on any atom is 0.240 e. The number of amides is 1. The third-order valence-electron chi connectivity index (χ3n) is 4.73. The summed E-state index contributed by atoms with van der Waals surface area (Å²) in [6.45, 7) is 4.19. The first-order chi connectivity index (χ1) is 12.3. The number of rotatable bonds is 5. The molecule has 0 aromatic heterocycles. The normalized spacial score (nSPS) is 17.7. The molecule has 26 heavy (non-hydrogen) atoms. The van der Waals surface area contributed by atoms with Gasteiger partial charge in [-0.25, -0.2) is 13.6 Å². The number of nitrogens with two attached hydrogens (primary N) is 1. The molecule has 3 N–H and O–H groups in total. The van der Waals surface area contributed by atoms with Crippen molar-refractivity contribution in [3.05, 3.63) is 59.7 Å². The zero-order valence-electron chi connectivity index (χ0n) is 14.8. The van der Waals surface area contributed by atoms with E-state index in [2.05, 4.69) is 5.32 Å². The number of sulfonamides is 1. The quantitative estimate of drug-likeness (QED) is 0.838. The Bertz CT molecular complexity index is 913. The SMILES string of the molecule is C[C@@H]1Cc2cc(S(N)(=O)=O)ccc2N1CC(=O)N[C@H](C)c1ccccc1. The van der Waals surface area contributed by atoms with Crippen molar-refractivity contribution in [3.63, 3.8) is 0 Å². The van der Waals surface area contributed by atoms with Gasteiger partial charge in [0, 0.05) is 11.7 Å². The monoisotopic (exact) mass is 373 g/mol. The lowest BCUT2D eigenvalue weighted by Gasteiger charge is -2.25. The fraction of sp³-hybridized carbons (Fsp3) is 0.316. The first kappa shape index (κ1) is 18.4. The van der Waals surface area contributed by atoms with Crippen LogP contribution in [0.25, 0.3) is 0 Å². The molecule has 6 nitrogen and oxygen atoms in total. The summed E-state index contributed by atoms with van der Waals surface area (Å²) in [6, 6.07) is 14.6. The molecule has 0 spiro atoms. The summed E-state index contributed by atoms with van der Waals surface area (Å²) in [5.74, 6) is -0.0726. The standard InChI is InChI=1S/C19H23N3O3S/c1-13-10-16-11-17(26(20,24)25)8-9-18(16)22(13)12-19(23)21-14(2)15-6-4-3-5-7-15/h3-9,11,13-14H,10,12H2,1-2H3,(H,21,23)(H2,20,24,25)/t13-,14-/m1/s1. The number of hydrogen-bond acceptors (Lipinski definition) is 4. The number of primary sulfonamides is 1. The fourth-order valence-electron chi connectivity index (χ4n) is 3.36. The number of hydrogen-bond donors (Lipinski definition) is 2. The van der Waals surface area contributed by atoms with Crippen LogP contribution in [0.5, 0.6) is 0 Å². The highest BCUT2D eigenvalue weighted by atomic mass is 32.2. The van der Waals surface area contributed by atoms with E-state index in [1.807, 2.05) is 49.1 Å². The van der Waals surface area contributed by atoms with E-state index < -0.39 is 10.0 Å². The van der Waals surface area contributed by atoms with Crippen LogP contribution in [-0.4, -0.2) is 26.9 Å². The van der Waals surface area contributed by atoms with E-state index in [4.69, 9.17) is 5.14 Å². The van der Waals surface area contributed by atoms with Crippen LogP contribution in [-0.2, 0) is 21.2 Å². The second kappa shape index (κ2) is 7.09. The Hall–Kier alpha value is -2.38. The van der Waals surface area contributed by atoms with E-state index in [1.165, 1.54) is 6.07 Å². The number of carbonyl (C=O) groups is 1. The molecule has 2 aromatic rings. The van der Waals surface area contributed by atoms with Crippen molar-refractivity contribution in [1.29, 1.82) is 0 Å². The van der Waals surface area contributed by atoms with Gasteiger partial charge in [-0.2, -0.15) is 0 Å². The Morgan fingerprint density at radius 2 is 1.96 bits per heavy atom. The fourth-order valence-corrected chi connectivity index (χ4v) is 3.92. The average Bonchev–Trinajstić information content (AvgIpc) is 2.89. The van der Waals surface area contributed by atoms with E-state index in [0.29, 0.717) is 6.42 Å². The molecule has 3 rings (SSSR count).